The number of hydrogen-bond acceptors (Lipinski definition) is 2. The highest BCUT2D eigenvalue weighted by Gasteiger charge is 2.28. The van der Waals surface area contributed by atoms with Crippen molar-refractivity contribution in [3.63, 3.8) is 0 Å². The van der Waals surface area contributed by atoms with Crippen LogP contribution in [0.5, 0.6) is 0 Å². The summed E-state index contributed by atoms with van der Waals surface area (Å²) in [5.74, 6) is 0.874. The minimum absolute atomic E-state index is 0.223. The predicted molar refractivity (Wildman–Crippen MR) is 82.4 cm³/mol. The number of nitrogens with zero attached hydrogens (tertiary/aromatic N) is 1. The fourth-order valence-electron chi connectivity index (χ4n) is 2.79. The number of benzene rings is 1. The minimum Gasteiger partial charge on any atom is -0.207 e. The normalized spacial score (nSPS) is 21.6. The van der Waals surface area contributed by atoms with Crippen molar-refractivity contribution in [1.82, 2.24) is 4.31 Å². The third kappa shape index (κ3) is 3.35. The number of hydrogen-bond donors (Lipinski definition) is 0. The molecular formula is C15H22ClNO2S. The molecule has 0 amide bonds. The molecule has 0 spiro atoms. The molecule has 1 saturated heterocycles. The summed E-state index contributed by atoms with van der Waals surface area (Å²) >= 11 is 5.87. The van der Waals surface area contributed by atoms with Gasteiger partial charge in [0.1, 0.15) is 0 Å². The van der Waals surface area contributed by atoms with Gasteiger partial charge in [-0.3, -0.25) is 0 Å². The van der Waals surface area contributed by atoms with Gasteiger partial charge in [0.2, 0.25) is 10.0 Å². The monoisotopic (exact) mass is 315 g/mol. The third-order valence-electron chi connectivity index (χ3n) is 4.12. The zero-order valence-corrected chi connectivity index (χ0v) is 13.5. The first kappa shape index (κ1) is 15.8. The van der Waals surface area contributed by atoms with E-state index in [0.29, 0.717) is 29.5 Å². The van der Waals surface area contributed by atoms with Gasteiger partial charge in [0, 0.05) is 19.0 Å². The van der Waals surface area contributed by atoms with Crippen LogP contribution < -0.4 is 0 Å². The molecule has 0 aliphatic carbocycles. The molecule has 0 bridgehead atoms. The largest absolute Gasteiger partial charge is 0.243 e. The summed E-state index contributed by atoms with van der Waals surface area (Å²) in [6.07, 6.45) is 4.16. The molecule has 0 N–H and O–H groups in total. The van der Waals surface area contributed by atoms with Crippen LogP contribution in [-0.4, -0.2) is 25.8 Å². The van der Waals surface area contributed by atoms with E-state index >= 15 is 0 Å². The summed E-state index contributed by atoms with van der Waals surface area (Å²) < 4.78 is 27.2. The van der Waals surface area contributed by atoms with Crippen molar-refractivity contribution < 1.29 is 8.42 Å². The Bertz CT molecular complexity index is 545. The van der Waals surface area contributed by atoms with E-state index < -0.39 is 10.0 Å². The molecule has 0 radical (unpaired) electrons. The Balaban J connectivity index is 2.26. The fourth-order valence-corrected chi connectivity index (χ4v) is 4.82. The van der Waals surface area contributed by atoms with Crippen molar-refractivity contribution in [2.45, 2.75) is 43.4 Å². The van der Waals surface area contributed by atoms with E-state index in [-0.39, 0.29) is 5.88 Å². The Morgan fingerprint density at radius 3 is 2.70 bits per heavy atom. The molecule has 0 saturated carbocycles. The predicted octanol–water partition coefficient (Wildman–Crippen LogP) is 3.63. The number of alkyl halides is 1. The fraction of sp³-hybridized carbons (Fsp3) is 0.600. The van der Waals surface area contributed by atoms with E-state index in [9.17, 15) is 8.42 Å². The zero-order chi connectivity index (χ0) is 14.6. The molecule has 1 atom stereocenters. The average Bonchev–Trinajstić information content (AvgIpc) is 2.73. The van der Waals surface area contributed by atoms with E-state index in [1.54, 1.807) is 22.5 Å². The maximum absolute atomic E-state index is 12.8. The summed E-state index contributed by atoms with van der Waals surface area (Å²) in [4.78, 5) is 0.366. The van der Waals surface area contributed by atoms with Crippen molar-refractivity contribution in [3.05, 3.63) is 29.8 Å². The van der Waals surface area contributed by atoms with Crippen molar-refractivity contribution in [2.75, 3.05) is 13.1 Å². The molecule has 20 heavy (non-hydrogen) atoms. The van der Waals surface area contributed by atoms with Crippen molar-refractivity contribution in [2.24, 2.45) is 5.92 Å². The first-order chi connectivity index (χ1) is 9.59. The van der Waals surface area contributed by atoms with Gasteiger partial charge in [0.05, 0.1) is 4.90 Å². The zero-order valence-electron chi connectivity index (χ0n) is 11.9. The highest BCUT2D eigenvalue weighted by molar-refractivity contribution is 7.89. The van der Waals surface area contributed by atoms with Crippen molar-refractivity contribution >= 4 is 21.6 Å². The van der Waals surface area contributed by atoms with E-state index in [4.69, 9.17) is 11.6 Å². The molecule has 112 valence electrons. The summed E-state index contributed by atoms with van der Waals surface area (Å²) in [5.41, 5.74) is 0.686. The van der Waals surface area contributed by atoms with E-state index in [2.05, 4.69) is 6.92 Å². The second kappa shape index (κ2) is 6.92. The first-order valence-electron chi connectivity index (χ1n) is 7.23. The average molecular weight is 316 g/mol. The van der Waals surface area contributed by atoms with Crippen LogP contribution in [0, 0.1) is 5.92 Å². The van der Waals surface area contributed by atoms with E-state index in [0.717, 1.165) is 25.7 Å². The highest BCUT2D eigenvalue weighted by Crippen LogP contribution is 2.26. The molecule has 2 rings (SSSR count). The summed E-state index contributed by atoms with van der Waals surface area (Å²) in [5, 5.41) is 0. The number of sulfonamides is 1. The highest BCUT2D eigenvalue weighted by atomic mass is 35.5. The standard InChI is InChI=1S/C15H22ClNO2S/c1-2-13-6-5-10-17(11-9-13)20(18,19)15-8-4-3-7-14(15)12-16/h3-4,7-8,13H,2,5-6,9-12H2,1H3. The van der Waals surface area contributed by atoms with Crippen molar-refractivity contribution in [3.8, 4) is 0 Å². The molecule has 5 heteroatoms. The molecule has 3 nitrogen and oxygen atoms in total. The second-order valence-corrected chi connectivity index (χ2v) is 7.52. The van der Waals surface area contributed by atoms with Gasteiger partial charge in [-0.05, 0) is 36.8 Å². The summed E-state index contributed by atoms with van der Waals surface area (Å²) in [6, 6.07) is 7.03. The molecular weight excluding hydrogens is 294 g/mol. The summed E-state index contributed by atoms with van der Waals surface area (Å²) in [7, 11) is -3.41. The van der Waals surface area contributed by atoms with Crippen LogP contribution in [0.25, 0.3) is 0 Å². The second-order valence-electron chi connectivity index (χ2n) is 5.35. The minimum atomic E-state index is -3.41. The van der Waals surface area contributed by atoms with Gasteiger partial charge < -0.3 is 0 Å². The smallest absolute Gasteiger partial charge is 0.207 e. The van der Waals surface area contributed by atoms with Gasteiger partial charge >= 0.3 is 0 Å². The molecule has 1 heterocycles. The lowest BCUT2D eigenvalue weighted by atomic mass is 9.98. The van der Waals surface area contributed by atoms with E-state index in [1.807, 2.05) is 6.07 Å². The number of rotatable bonds is 4. The first-order valence-corrected chi connectivity index (χ1v) is 9.21. The molecule has 1 aromatic rings. The topological polar surface area (TPSA) is 37.4 Å². The van der Waals surface area contributed by atoms with Gasteiger partial charge in [-0.2, -0.15) is 4.31 Å². The maximum Gasteiger partial charge on any atom is 0.243 e. The molecule has 1 aliphatic heterocycles. The van der Waals surface area contributed by atoms with Crippen LogP contribution in [0.3, 0.4) is 0 Å². The van der Waals surface area contributed by atoms with Crippen molar-refractivity contribution in [1.29, 1.82) is 0 Å². The Kier molecular flexibility index (Phi) is 5.47. The molecule has 1 unspecified atom stereocenters. The molecule has 1 fully saturated rings. The van der Waals surface area contributed by atoms with Crippen LogP contribution in [0.4, 0.5) is 0 Å². The van der Waals surface area contributed by atoms with Gasteiger partial charge in [0.25, 0.3) is 0 Å². The maximum atomic E-state index is 12.8. The van der Waals surface area contributed by atoms with Crippen LogP contribution in [0.2, 0.25) is 0 Å². The Labute approximate surface area is 127 Å². The SMILES string of the molecule is CCC1CCCN(S(=O)(=O)c2ccccc2CCl)CC1. The summed E-state index contributed by atoms with van der Waals surface area (Å²) in [6.45, 7) is 3.42. The van der Waals surface area contributed by atoms with Crippen LogP contribution in [-0.2, 0) is 15.9 Å². The quantitative estimate of drug-likeness (QED) is 0.796. The van der Waals surface area contributed by atoms with E-state index in [1.165, 1.54) is 0 Å². The lowest BCUT2D eigenvalue weighted by Crippen LogP contribution is -2.32. The van der Waals surface area contributed by atoms with Crippen LogP contribution >= 0.6 is 11.6 Å². The Morgan fingerprint density at radius 2 is 2.00 bits per heavy atom. The molecule has 0 aromatic heterocycles. The molecule has 1 aromatic carbocycles. The van der Waals surface area contributed by atoms with Gasteiger partial charge in [0.15, 0.2) is 0 Å². The number of halogens is 1. The Morgan fingerprint density at radius 1 is 1.25 bits per heavy atom. The lowest BCUT2D eigenvalue weighted by Gasteiger charge is -2.21. The van der Waals surface area contributed by atoms with Crippen LogP contribution in [0.1, 0.15) is 38.2 Å². The third-order valence-corrected chi connectivity index (χ3v) is 6.41. The molecule has 1 aliphatic rings. The Hall–Kier alpha value is -0.580. The van der Waals surface area contributed by atoms with Crippen LogP contribution in [0.15, 0.2) is 29.2 Å². The van der Waals surface area contributed by atoms with Gasteiger partial charge in [-0.15, -0.1) is 11.6 Å². The lowest BCUT2D eigenvalue weighted by molar-refractivity contribution is 0.407. The van der Waals surface area contributed by atoms with Gasteiger partial charge in [-0.1, -0.05) is 31.5 Å². The van der Waals surface area contributed by atoms with Gasteiger partial charge in [-0.25, -0.2) is 8.42 Å².